The van der Waals surface area contributed by atoms with E-state index in [1.807, 2.05) is 37.3 Å². The summed E-state index contributed by atoms with van der Waals surface area (Å²) < 4.78 is 27.2. The van der Waals surface area contributed by atoms with E-state index in [1.54, 1.807) is 42.5 Å². The fraction of sp³-hybridized carbons (Fsp3) is 0.174. The van der Waals surface area contributed by atoms with Gasteiger partial charge in [0.1, 0.15) is 0 Å². The van der Waals surface area contributed by atoms with Crippen LogP contribution in [0, 0.1) is 0 Å². The molecule has 1 N–H and O–H groups in total. The molecule has 29 heavy (non-hydrogen) atoms. The van der Waals surface area contributed by atoms with Crippen LogP contribution in [0.4, 0.5) is 5.69 Å². The van der Waals surface area contributed by atoms with Crippen LogP contribution >= 0.6 is 0 Å². The lowest BCUT2D eigenvalue weighted by Crippen LogP contribution is -2.32. The van der Waals surface area contributed by atoms with Gasteiger partial charge in [0.2, 0.25) is 0 Å². The van der Waals surface area contributed by atoms with Crippen LogP contribution in [0.15, 0.2) is 89.8 Å². The van der Waals surface area contributed by atoms with Gasteiger partial charge in [-0.25, -0.2) is 8.42 Å². The highest BCUT2D eigenvalue weighted by molar-refractivity contribution is 7.92. The molecule has 0 aliphatic heterocycles. The summed E-state index contributed by atoms with van der Waals surface area (Å²) in [6.07, 6.45) is 0.718. The molecule has 0 saturated heterocycles. The molecule has 0 aromatic heterocycles. The molecule has 6 heteroatoms. The number of nitrogens with one attached hydrogen (secondary N) is 1. The highest BCUT2D eigenvalue weighted by Crippen LogP contribution is 2.26. The molecule has 0 aliphatic carbocycles. The Hall–Kier alpha value is -3.12. The quantitative estimate of drug-likeness (QED) is 0.630. The number of hydrogen-bond acceptors (Lipinski definition) is 3. The van der Waals surface area contributed by atoms with Gasteiger partial charge in [0.25, 0.3) is 15.9 Å². The van der Waals surface area contributed by atoms with Crippen LogP contribution in [0.5, 0.6) is 0 Å². The summed E-state index contributed by atoms with van der Waals surface area (Å²) >= 11 is 0. The van der Waals surface area contributed by atoms with E-state index < -0.39 is 10.0 Å². The van der Waals surface area contributed by atoms with E-state index in [-0.39, 0.29) is 16.8 Å². The normalized spacial score (nSPS) is 12.2. The van der Waals surface area contributed by atoms with E-state index in [0.717, 1.165) is 16.3 Å². The Bertz CT molecular complexity index is 1070. The zero-order valence-electron chi connectivity index (χ0n) is 16.4. The van der Waals surface area contributed by atoms with Gasteiger partial charge >= 0.3 is 0 Å². The monoisotopic (exact) mass is 408 g/mol. The highest BCUT2D eigenvalue weighted by atomic mass is 32.2. The van der Waals surface area contributed by atoms with E-state index in [1.165, 1.54) is 19.2 Å². The summed E-state index contributed by atoms with van der Waals surface area (Å²) in [5.41, 5.74) is 1.65. The lowest BCUT2D eigenvalue weighted by Gasteiger charge is -2.23. The fourth-order valence-corrected chi connectivity index (χ4v) is 4.40. The average molecular weight is 409 g/mol. The number of anilines is 1. The van der Waals surface area contributed by atoms with Gasteiger partial charge in [-0.2, -0.15) is 0 Å². The average Bonchev–Trinajstić information content (AvgIpc) is 2.78. The molecule has 5 nitrogen and oxygen atoms in total. The van der Waals surface area contributed by atoms with Crippen molar-refractivity contribution in [3.05, 3.63) is 96.1 Å². The zero-order chi connectivity index (χ0) is 20.9. The maximum atomic E-state index is 13.0. The molecule has 3 aromatic carbocycles. The van der Waals surface area contributed by atoms with Gasteiger partial charge in [-0.05, 0) is 36.2 Å². The van der Waals surface area contributed by atoms with E-state index in [0.29, 0.717) is 11.3 Å². The number of nitrogens with zero attached hydrogens (tertiary/aromatic N) is 1. The van der Waals surface area contributed by atoms with Gasteiger partial charge in [0.15, 0.2) is 0 Å². The summed E-state index contributed by atoms with van der Waals surface area (Å²) in [6.45, 7) is 2.00. The molecule has 0 radical (unpaired) electrons. The minimum Gasteiger partial charge on any atom is -0.345 e. The molecular formula is C23H24N2O3S. The number of sulfonamides is 1. The SMILES string of the molecule is CC[C@@H](NC(=O)c1ccccc1N(C)S(=O)(=O)c1ccccc1)c1ccccc1. The number of carbonyl (C=O) groups is 1. The van der Waals surface area contributed by atoms with Crippen LogP contribution in [0.25, 0.3) is 0 Å². The standard InChI is InChI=1S/C23H24N2O3S/c1-3-21(18-12-6-4-7-13-18)24-23(26)20-16-10-11-17-22(20)25(2)29(27,28)19-14-8-5-9-15-19/h4-17,21H,3H2,1-2H3,(H,24,26)/t21-/m1/s1. The molecule has 0 fully saturated rings. The lowest BCUT2D eigenvalue weighted by molar-refractivity contribution is 0.0936. The van der Waals surface area contributed by atoms with Crippen LogP contribution in [0.3, 0.4) is 0 Å². The van der Waals surface area contributed by atoms with Crippen LogP contribution in [0.1, 0.15) is 35.3 Å². The third kappa shape index (κ3) is 4.49. The van der Waals surface area contributed by atoms with Crippen LogP contribution in [-0.2, 0) is 10.0 Å². The Morgan fingerprint density at radius 1 is 0.897 bits per heavy atom. The number of benzene rings is 3. The first-order chi connectivity index (χ1) is 13.9. The number of para-hydroxylation sites is 1. The zero-order valence-corrected chi connectivity index (χ0v) is 17.3. The molecule has 0 bridgehead atoms. The van der Waals surface area contributed by atoms with Crippen molar-refractivity contribution in [2.45, 2.75) is 24.3 Å². The lowest BCUT2D eigenvalue weighted by atomic mass is 10.0. The molecule has 0 aliphatic rings. The van der Waals surface area contributed by atoms with Gasteiger partial charge in [-0.15, -0.1) is 0 Å². The van der Waals surface area contributed by atoms with Crippen LogP contribution in [0.2, 0.25) is 0 Å². The Labute approximate surface area is 172 Å². The van der Waals surface area contributed by atoms with Gasteiger partial charge < -0.3 is 5.32 Å². The Kier molecular flexibility index (Phi) is 6.34. The van der Waals surface area contributed by atoms with Gasteiger partial charge in [0.05, 0.1) is 22.2 Å². The molecule has 1 amide bonds. The van der Waals surface area contributed by atoms with Crippen molar-refractivity contribution in [3.8, 4) is 0 Å². The van der Waals surface area contributed by atoms with E-state index in [2.05, 4.69) is 5.32 Å². The topological polar surface area (TPSA) is 66.5 Å². The minimum absolute atomic E-state index is 0.159. The van der Waals surface area contributed by atoms with E-state index in [4.69, 9.17) is 0 Å². The molecular weight excluding hydrogens is 384 g/mol. The van der Waals surface area contributed by atoms with Crippen molar-refractivity contribution in [2.75, 3.05) is 11.4 Å². The number of carbonyl (C=O) groups excluding carboxylic acids is 1. The van der Waals surface area contributed by atoms with Gasteiger partial charge in [-0.3, -0.25) is 9.10 Å². The van der Waals surface area contributed by atoms with Crippen LogP contribution < -0.4 is 9.62 Å². The Morgan fingerprint density at radius 3 is 2.07 bits per heavy atom. The predicted molar refractivity (Wildman–Crippen MR) is 115 cm³/mol. The van der Waals surface area contributed by atoms with Crippen molar-refractivity contribution in [3.63, 3.8) is 0 Å². The van der Waals surface area contributed by atoms with Gasteiger partial charge in [0, 0.05) is 7.05 Å². The Morgan fingerprint density at radius 2 is 1.45 bits per heavy atom. The molecule has 0 saturated carbocycles. The summed E-state index contributed by atoms with van der Waals surface area (Å²) in [7, 11) is -2.32. The summed E-state index contributed by atoms with van der Waals surface area (Å²) in [5.74, 6) is -0.314. The fourth-order valence-electron chi connectivity index (χ4n) is 3.16. The molecule has 3 rings (SSSR count). The molecule has 150 valence electrons. The van der Waals surface area contributed by atoms with Gasteiger partial charge in [-0.1, -0.05) is 67.6 Å². The maximum absolute atomic E-state index is 13.0. The molecule has 3 aromatic rings. The molecule has 0 unspecified atom stereocenters. The van der Waals surface area contributed by atoms with E-state index in [9.17, 15) is 13.2 Å². The molecule has 1 atom stereocenters. The second-order valence-corrected chi connectivity index (χ2v) is 8.62. The second kappa shape index (κ2) is 8.92. The van der Waals surface area contributed by atoms with Crippen molar-refractivity contribution >= 4 is 21.6 Å². The van der Waals surface area contributed by atoms with Crippen LogP contribution in [-0.4, -0.2) is 21.4 Å². The first kappa shape index (κ1) is 20.6. The third-order valence-corrected chi connectivity index (χ3v) is 6.59. The minimum atomic E-state index is -3.78. The molecule has 0 spiro atoms. The smallest absolute Gasteiger partial charge is 0.264 e. The highest BCUT2D eigenvalue weighted by Gasteiger charge is 2.25. The number of hydrogen-bond donors (Lipinski definition) is 1. The maximum Gasteiger partial charge on any atom is 0.264 e. The summed E-state index contributed by atoms with van der Waals surface area (Å²) in [6, 6.07) is 24.5. The van der Waals surface area contributed by atoms with Crippen molar-refractivity contribution in [2.24, 2.45) is 0 Å². The van der Waals surface area contributed by atoms with Crippen molar-refractivity contribution < 1.29 is 13.2 Å². The predicted octanol–water partition coefficient (Wildman–Crippen LogP) is 4.39. The largest absolute Gasteiger partial charge is 0.345 e. The summed E-state index contributed by atoms with van der Waals surface area (Å²) in [4.78, 5) is 13.2. The summed E-state index contributed by atoms with van der Waals surface area (Å²) in [5, 5.41) is 3.03. The van der Waals surface area contributed by atoms with Crippen molar-refractivity contribution in [1.82, 2.24) is 5.32 Å². The molecule has 0 heterocycles. The second-order valence-electron chi connectivity index (χ2n) is 6.65. The van der Waals surface area contributed by atoms with E-state index >= 15 is 0 Å². The number of amides is 1. The van der Waals surface area contributed by atoms with Crippen molar-refractivity contribution in [1.29, 1.82) is 0 Å². The number of rotatable bonds is 7. The third-order valence-electron chi connectivity index (χ3n) is 4.81. The Balaban J connectivity index is 1.91. The first-order valence-corrected chi connectivity index (χ1v) is 10.9. The first-order valence-electron chi connectivity index (χ1n) is 9.44.